The van der Waals surface area contributed by atoms with E-state index in [1.807, 2.05) is 61.6 Å². The van der Waals surface area contributed by atoms with Crippen LogP contribution in [0.3, 0.4) is 0 Å². The molecule has 0 saturated carbocycles. The number of fused-ring (bicyclic) bond motifs is 2. The first-order valence-corrected chi connectivity index (χ1v) is 13.4. The first kappa shape index (κ1) is 25.7. The average Bonchev–Trinajstić information content (AvgIpc) is 3.25. The monoisotopic (exact) mass is 508 g/mol. The minimum absolute atomic E-state index is 0.221. The molecule has 4 aliphatic rings. The zero-order valence-corrected chi connectivity index (χ0v) is 21.5. The third-order valence-electron chi connectivity index (χ3n) is 8.40. The van der Waals surface area contributed by atoms with Gasteiger partial charge >= 0.3 is 5.97 Å². The maximum atomic E-state index is 14.5. The Morgan fingerprint density at radius 1 is 1.05 bits per heavy atom. The third-order valence-corrected chi connectivity index (χ3v) is 8.40. The summed E-state index contributed by atoms with van der Waals surface area (Å²) in [5.74, 6) is -2.91. The molecule has 37 heavy (non-hydrogen) atoms. The van der Waals surface area contributed by atoms with Crippen molar-refractivity contribution in [1.29, 1.82) is 0 Å². The van der Waals surface area contributed by atoms with Gasteiger partial charge in [-0.1, -0.05) is 74.9 Å². The van der Waals surface area contributed by atoms with Gasteiger partial charge in [0.25, 0.3) is 0 Å². The fourth-order valence-corrected chi connectivity index (χ4v) is 6.63. The highest BCUT2D eigenvalue weighted by Gasteiger charge is 2.76. The Kier molecular flexibility index (Phi) is 6.98. The maximum absolute atomic E-state index is 14.5. The predicted octanol–water partition coefficient (Wildman–Crippen LogP) is 2.78. The number of benzene rings is 1. The van der Waals surface area contributed by atoms with Crippen molar-refractivity contribution in [3.63, 3.8) is 0 Å². The molecule has 2 amide bonds. The summed E-state index contributed by atoms with van der Waals surface area (Å²) >= 11 is 0. The van der Waals surface area contributed by atoms with Gasteiger partial charge in [0.15, 0.2) is 0 Å². The molecule has 4 aliphatic heterocycles. The van der Waals surface area contributed by atoms with Gasteiger partial charge in [-0.15, -0.1) is 0 Å². The standard InChI is InChI=1S/C29H36N2O6/c1-3-5-16-30-17-11-15-29-22(23-27(35)36-18-10-9-14-28(23,4-2)37-29)25(33)31(24(29)26(30)34)21(19-32)20-12-7-6-8-13-20/h6-9,11-15,21-24,32H,3-5,10,16-19H2,1-2H3/t21-,22+,23+,24?,28-,29+/m1/s1. The summed E-state index contributed by atoms with van der Waals surface area (Å²) < 4.78 is 12.5. The summed E-state index contributed by atoms with van der Waals surface area (Å²) in [5, 5.41) is 10.6. The second kappa shape index (κ2) is 10.1. The van der Waals surface area contributed by atoms with Crippen LogP contribution in [-0.4, -0.2) is 76.2 Å². The quantitative estimate of drug-likeness (QED) is 0.450. The lowest BCUT2D eigenvalue weighted by molar-refractivity contribution is -0.163. The molecule has 0 bridgehead atoms. The molecule has 0 aliphatic carbocycles. The van der Waals surface area contributed by atoms with Crippen LogP contribution in [-0.2, 0) is 23.9 Å². The molecule has 8 heteroatoms. The Labute approximate surface area is 217 Å². The van der Waals surface area contributed by atoms with Crippen LogP contribution in [0.1, 0.15) is 51.1 Å². The number of aliphatic hydroxyl groups is 1. The lowest BCUT2D eigenvalue weighted by Crippen LogP contribution is -2.57. The van der Waals surface area contributed by atoms with Crippen molar-refractivity contribution in [3.8, 4) is 0 Å². The van der Waals surface area contributed by atoms with Gasteiger partial charge in [0.05, 0.1) is 25.2 Å². The van der Waals surface area contributed by atoms with Crippen molar-refractivity contribution in [2.75, 3.05) is 26.3 Å². The fourth-order valence-electron chi connectivity index (χ4n) is 6.63. The number of rotatable bonds is 7. The molecule has 2 fully saturated rings. The second-order valence-electron chi connectivity index (χ2n) is 10.4. The number of likely N-dealkylation sites (tertiary alicyclic amines) is 1. The number of carbonyl (C=O) groups is 3. The van der Waals surface area contributed by atoms with Crippen LogP contribution in [0.4, 0.5) is 0 Å². The number of hydrogen-bond acceptors (Lipinski definition) is 6. The van der Waals surface area contributed by atoms with E-state index in [-0.39, 0.29) is 25.0 Å². The van der Waals surface area contributed by atoms with Gasteiger partial charge in [-0.25, -0.2) is 0 Å². The summed E-state index contributed by atoms with van der Waals surface area (Å²) in [7, 11) is 0. The molecule has 4 heterocycles. The van der Waals surface area contributed by atoms with E-state index < -0.39 is 41.1 Å². The fraction of sp³-hybridized carbons (Fsp3) is 0.552. The zero-order chi connectivity index (χ0) is 26.2. The first-order valence-electron chi connectivity index (χ1n) is 13.4. The highest BCUT2D eigenvalue weighted by Crippen LogP contribution is 2.59. The van der Waals surface area contributed by atoms with Crippen LogP contribution in [0.15, 0.2) is 54.6 Å². The summed E-state index contributed by atoms with van der Waals surface area (Å²) in [5.41, 5.74) is -1.70. The number of nitrogens with zero attached hydrogens (tertiary/aromatic N) is 2. The minimum atomic E-state index is -1.36. The van der Waals surface area contributed by atoms with Crippen molar-refractivity contribution >= 4 is 17.8 Å². The maximum Gasteiger partial charge on any atom is 0.313 e. The molecule has 6 atom stereocenters. The predicted molar refractivity (Wildman–Crippen MR) is 136 cm³/mol. The molecule has 1 aromatic carbocycles. The van der Waals surface area contributed by atoms with Gasteiger partial charge in [-0.3, -0.25) is 14.4 Å². The van der Waals surface area contributed by atoms with E-state index in [0.717, 1.165) is 18.4 Å². The van der Waals surface area contributed by atoms with Crippen LogP contribution in [0.25, 0.3) is 0 Å². The molecular formula is C29H36N2O6. The van der Waals surface area contributed by atoms with Gasteiger partial charge in [-0.05, 0) is 24.8 Å². The summed E-state index contributed by atoms with van der Waals surface area (Å²) in [6.07, 6.45) is 10.3. The lowest BCUT2D eigenvalue weighted by Gasteiger charge is -2.41. The third kappa shape index (κ3) is 3.92. The van der Waals surface area contributed by atoms with Crippen LogP contribution >= 0.6 is 0 Å². The number of esters is 1. The van der Waals surface area contributed by atoms with E-state index in [2.05, 4.69) is 6.92 Å². The van der Waals surface area contributed by atoms with E-state index in [1.165, 1.54) is 4.90 Å². The van der Waals surface area contributed by atoms with Crippen molar-refractivity contribution in [1.82, 2.24) is 9.80 Å². The van der Waals surface area contributed by atoms with Crippen molar-refractivity contribution in [2.24, 2.45) is 11.8 Å². The number of cyclic esters (lactones) is 1. The molecule has 1 aromatic rings. The van der Waals surface area contributed by atoms with Crippen LogP contribution in [0.2, 0.25) is 0 Å². The van der Waals surface area contributed by atoms with Crippen LogP contribution in [0, 0.1) is 11.8 Å². The Balaban J connectivity index is 1.69. The Hall–Kier alpha value is -2.97. The molecule has 8 nitrogen and oxygen atoms in total. The summed E-state index contributed by atoms with van der Waals surface area (Å²) in [6, 6.07) is 7.44. The van der Waals surface area contributed by atoms with E-state index in [0.29, 0.717) is 25.9 Å². The highest BCUT2D eigenvalue weighted by atomic mass is 16.6. The Morgan fingerprint density at radius 2 is 1.84 bits per heavy atom. The van der Waals surface area contributed by atoms with Crippen molar-refractivity contribution in [3.05, 3.63) is 60.2 Å². The van der Waals surface area contributed by atoms with Gasteiger partial charge in [-0.2, -0.15) is 0 Å². The first-order chi connectivity index (χ1) is 17.9. The molecule has 1 N–H and O–H groups in total. The average molecular weight is 509 g/mol. The normalized spacial score (nSPS) is 33.8. The molecular weight excluding hydrogens is 472 g/mol. The van der Waals surface area contributed by atoms with Gasteiger partial charge < -0.3 is 24.4 Å². The molecule has 5 rings (SSSR count). The van der Waals surface area contributed by atoms with E-state index in [4.69, 9.17) is 9.47 Å². The largest absolute Gasteiger partial charge is 0.465 e. The van der Waals surface area contributed by atoms with Gasteiger partial charge in [0.1, 0.15) is 23.2 Å². The van der Waals surface area contributed by atoms with E-state index >= 15 is 0 Å². The SMILES string of the molecule is CCCCN1CC=C[C@]23O[C@]4(CC)C=CCCOC(=O)[C@@H]4[C@H]2C(=O)N([C@H](CO)c2ccccc2)C3C1=O. The van der Waals surface area contributed by atoms with E-state index in [1.54, 1.807) is 4.90 Å². The van der Waals surface area contributed by atoms with Crippen molar-refractivity contribution < 1.29 is 29.0 Å². The summed E-state index contributed by atoms with van der Waals surface area (Å²) in [6.45, 7) is 4.81. The molecule has 1 unspecified atom stereocenters. The van der Waals surface area contributed by atoms with E-state index in [9.17, 15) is 19.5 Å². The highest BCUT2D eigenvalue weighted by molar-refractivity contribution is 5.99. The number of unbranched alkanes of at least 4 members (excludes halogenated alkanes) is 1. The summed E-state index contributed by atoms with van der Waals surface area (Å²) in [4.78, 5) is 45.5. The topological polar surface area (TPSA) is 96.4 Å². The van der Waals surface area contributed by atoms with Crippen LogP contribution in [0.5, 0.6) is 0 Å². The molecule has 0 aromatic heterocycles. The number of amides is 2. The smallest absolute Gasteiger partial charge is 0.313 e. The van der Waals surface area contributed by atoms with Gasteiger partial charge in [0, 0.05) is 13.1 Å². The van der Waals surface area contributed by atoms with Crippen LogP contribution < -0.4 is 0 Å². The molecule has 0 radical (unpaired) electrons. The Morgan fingerprint density at radius 3 is 2.54 bits per heavy atom. The molecule has 2 saturated heterocycles. The van der Waals surface area contributed by atoms with Crippen molar-refractivity contribution in [2.45, 2.75) is 62.8 Å². The number of hydrogen-bond donors (Lipinski definition) is 1. The van der Waals surface area contributed by atoms with Gasteiger partial charge in [0.2, 0.25) is 11.8 Å². The molecule has 1 spiro atoms. The Bertz CT molecular complexity index is 1100. The zero-order valence-electron chi connectivity index (χ0n) is 21.5. The lowest BCUT2D eigenvalue weighted by atomic mass is 9.73. The number of ether oxygens (including phenoxy) is 2. The molecule has 198 valence electrons. The number of aliphatic hydroxyl groups excluding tert-OH is 1. The minimum Gasteiger partial charge on any atom is -0.465 e. The second-order valence-corrected chi connectivity index (χ2v) is 10.4. The number of carbonyl (C=O) groups excluding carboxylic acids is 3.